The molecule has 0 saturated carbocycles. The Morgan fingerprint density at radius 2 is 2.15 bits per heavy atom. The lowest BCUT2D eigenvalue weighted by Gasteiger charge is -2.08. The Morgan fingerprint density at radius 3 is 2.70 bits per heavy atom. The van der Waals surface area contributed by atoms with Crippen molar-refractivity contribution in [2.45, 2.75) is 12.7 Å². The van der Waals surface area contributed by atoms with E-state index in [1.807, 2.05) is 0 Å². The van der Waals surface area contributed by atoms with Crippen LogP contribution in [0.1, 0.15) is 15.9 Å². The molecule has 1 heterocycles. The van der Waals surface area contributed by atoms with E-state index in [0.29, 0.717) is 16.5 Å². The number of rotatable bonds is 3. The molecule has 0 aliphatic rings. The first-order valence-electron chi connectivity index (χ1n) is 5.76. The average molecular weight is 283 g/mol. The van der Waals surface area contributed by atoms with Crippen LogP contribution in [0.25, 0.3) is 17.0 Å². The molecule has 0 amide bonds. The predicted octanol–water partition coefficient (Wildman–Crippen LogP) is 3.63. The van der Waals surface area contributed by atoms with Gasteiger partial charge in [0.05, 0.1) is 12.7 Å². The third-order valence-electron chi connectivity index (χ3n) is 2.90. The molecule has 0 atom stereocenters. The van der Waals surface area contributed by atoms with Gasteiger partial charge in [-0.3, -0.25) is 0 Å². The van der Waals surface area contributed by atoms with Gasteiger partial charge in [0.25, 0.3) is 0 Å². The van der Waals surface area contributed by atoms with Crippen LogP contribution in [0.4, 0.5) is 13.2 Å². The van der Waals surface area contributed by atoms with Crippen molar-refractivity contribution in [3.05, 3.63) is 42.1 Å². The molecule has 0 aliphatic carbocycles. The maximum absolute atomic E-state index is 12.6. The number of esters is 1. The van der Waals surface area contributed by atoms with Crippen molar-refractivity contribution in [1.29, 1.82) is 0 Å². The van der Waals surface area contributed by atoms with Gasteiger partial charge in [0.2, 0.25) is 0 Å². The fourth-order valence-corrected chi connectivity index (χ4v) is 2.04. The summed E-state index contributed by atoms with van der Waals surface area (Å²) in [4.78, 5) is 11.7. The van der Waals surface area contributed by atoms with Crippen LogP contribution in [0, 0.1) is 0 Å². The molecule has 106 valence electrons. The average Bonchev–Trinajstić information content (AvgIpc) is 2.74. The molecule has 1 aromatic heterocycles. The Hall–Kier alpha value is -2.24. The quantitative estimate of drug-likeness (QED) is 0.805. The van der Waals surface area contributed by atoms with Gasteiger partial charge < -0.3 is 9.30 Å². The van der Waals surface area contributed by atoms with Crippen molar-refractivity contribution in [2.24, 2.45) is 0 Å². The molecule has 0 bridgehead atoms. The molecule has 0 unspecified atom stereocenters. The predicted molar refractivity (Wildman–Crippen MR) is 69.4 cm³/mol. The van der Waals surface area contributed by atoms with Crippen LogP contribution in [-0.4, -0.2) is 23.8 Å². The standard InChI is InChI=1S/C14H12F3NO2/c1-3-9-4-5-12-10(6-9)11(13(19)20-2)7-18(12)8-14(15,16)17/h3-7H,1,8H2,2H3. The molecule has 0 aliphatic heterocycles. The molecule has 0 saturated heterocycles. The second kappa shape index (κ2) is 5.03. The van der Waals surface area contributed by atoms with E-state index in [-0.39, 0.29) is 5.56 Å². The third kappa shape index (κ3) is 2.68. The third-order valence-corrected chi connectivity index (χ3v) is 2.90. The van der Waals surface area contributed by atoms with Gasteiger partial charge in [-0.1, -0.05) is 18.7 Å². The summed E-state index contributed by atoms with van der Waals surface area (Å²) in [5, 5.41) is 0.415. The minimum atomic E-state index is -4.36. The number of benzene rings is 1. The second-order valence-electron chi connectivity index (χ2n) is 4.26. The Balaban J connectivity index is 2.65. The van der Waals surface area contributed by atoms with Crippen LogP contribution in [0.15, 0.2) is 31.0 Å². The lowest BCUT2D eigenvalue weighted by atomic mass is 10.1. The van der Waals surface area contributed by atoms with E-state index in [1.54, 1.807) is 18.2 Å². The van der Waals surface area contributed by atoms with E-state index in [4.69, 9.17) is 0 Å². The lowest BCUT2D eigenvalue weighted by molar-refractivity contribution is -0.139. The van der Waals surface area contributed by atoms with Gasteiger partial charge in [0.1, 0.15) is 6.54 Å². The monoisotopic (exact) mass is 283 g/mol. The summed E-state index contributed by atoms with van der Waals surface area (Å²) in [6.07, 6.45) is -1.64. The van der Waals surface area contributed by atoms with Crippen LogP contribution in [0.2, 0.25) is 0 Å². The highest BCUT2D eigenvalue weighted by Crippen LogP contribution is 2.27. The summed E-state index contributed by atoms with van der Waals surface area (Å²) in [6.45, 7) is 2.44. The number of carbonyl (C=O) groups is 1. The van der Waals surface area contributed by atoms with Crippen molar-refractivity contribution in [3.63, 3.8) is 0 Å². The molecule has 20 heavy (non-hydrogen) atoms. The summed E-state index contributed by atoms with van der Waals surface area (Å²) in [6, 6.07) is 4.79. The van der Waals surface area contributed by atoms with Gasteiger partial charge in [-0.25, -0.2) is 4.79 Å². The largest absolute Gasteiger partial charge is 0.465 e. The summed E-state index contributed by atoms with van der Waals surface area (Å²) in [5.74, 6) is -0.669. The number of carbonyl (C=O) groups excluding carboxylic acids is 1. The van der Waals surface area contributed by atoms with E-state index in [0.717, 1.165) is 10.8 Å². The van der Waals surface area contributed by atoms with Gasteiger partial charge >= 0.3 is 12.1 Å². The Morgan fingerprint density at radius 1 is 1.45 bits per heavy atom. The fourth-order valence-electron chi connectivity index (χ4n) is 2.04. The van der Waals surface area contributed by atoms with E-state index in [9.17, 15) is 18.0 Å². The van der Waals surface area contributed by atoms with Gasteiger partial charge in [-0.05, 0) is 17.7 Å². The maximum atomic E-state index is 12.6. The molecular weight excluding hydrogens is 271 g/mol. The number of aromatic nitrogens is 1. The van der Waals surface area contributed by atoms with Gasteiger partial charge in [-0.15, -0.1) is 0 Å². The molecule has 0 fully saturated rings. The number of hydrogen-bond donors (Lipinski definition) is 0. The van der Waals surface area contributed by atoms with Crippen molar-refractivity contribution in [1.82, 2.24) is 4.57 Å². The highest BCUT2D eigenvalue weighted by molar-refractivity contribution is 6.04. The van der Waals surface area contributed by atoms with Gasteiger partial charge in [0, 0.05) is 17.1 Å². The topological polar surface area (TPSA) is 31.2 Å². The van der Waals surface area contributed by atoms with Crippen molar-refractivity contribution < 1.29 is 22.7 Å². The first-order chi connectivity index (χ1) is 9.35. The minimum Gasteiger partial charge on any atom is -0.465 e. The van der Waals surface area contributed by atoms with Gasteiger partial charge in [-0.2, -0.15) is 13.2 Å². The highest BCUT2D eigenvalue weighted by atomic mass is 19.4. The number of ether oxygens (including phenoxy) is 1. The Kier molecular flexibility index (Phi) is 3.57. The number of hydrogen-bond acceptors (Lipinski definition) is 2. The molecule has 3 nitrogen and oxygen atoms in total. The maximum Gasteiger partial charge on any atom is 0.406 e. The van der Waals surface area contributed by atoms with Crippen molar-refractivity contribution in [3.8, 4) is 0 Å². The molecule has 0 radical (unpaired) electrons. The minimum absolute atomic E-state index is 0.107. The highest BCUT2D eigenvalue weighted by Gasteiger charge is 2.29. The van der Waals surface area contributed by atoms with Crippen molar-refractivity contribution in [2.75, 3.05) is 7.11 Å². The molecule has 2 aromatic rings. The van der Waals surface area contributed by atoms with E-state index < -0.39 is 18.7 Å². The normalized spacial score (nSPS) is 11.6. The van der Waals surface area contributed by atoms with Gasteiger partial charge in [0.15, 0.2) is 0 Å². The fraction of sp³-hybridized carbons (Fsp3) is 0.214. The molecule has 6 heteroatoms. The van der Waals surface area contributed by atoms with Crippen LogP contribution in [0.3, 0.4) is 0 Å². The lowest BCUT2D eigenvalue weighted by Crippen LogP contribution is -2.16. The zero-order valence-electron chi connectivity index (χ0n) is 10.7. The number of methoxy groups -OCH3 is 1. The summed E-state index contributed by atoms with van der Waals surface area (Å²) in [7, 11) is 1.19. The smallest absolute Gasteiger partial charge is 0.406 e. The molecular formula is C14H12F3NO2. The van der Waals surface area contributed by atoms with Crippen LogP contribution in [-0.2, 0) is 11.3 Å². The summed E-state index contributed by atoms with van der Waals surface area (Å²) in [5.41, 5.74) is 1.15. The van der Waals surface area contributed by atoms with Crippen molar-refractivity contribution >= 4 is 22.9 Å². The number of halogens is 3. The molecule has 1 aromatic carbocycles. The Bertz CT molecular complexity index is 671. The van der Waals surface area contributed by atoms with Crippen LogP contribution >= 0.6 is 0 Å². The molecule has 2 rings (SSSR count). The SMILES string of the molecule is C=Cc1ccc2c(c1)c(C(=O)OC)cn2CC(F)(F)F. The zero-order chi connectivity index (χ0) is 14.9. The Labute approximate surface area is 113 Å². The van der Waals surface area contributed by atoms with E-state index in [2.05, 4.69) is 11.3 Å². The van der Waals surface area contributed by atoms with E-state index >= 15 is 0 Å². The number of alkyl halides is 3. The zero-order valence-corrected chi connectivity index (χ0v) is 10.7. The molecule has 0 N–H and O–H groups in total. The second-order valence-corrected chi connectivity index (χ2v) is 4.26. The van der Waals surface area contributed by atoms with Crippen LogP contribution < -0.4 is 0 Å². The van der Waals surface area contributed by atoms with Crippen LogP contribution in [0.5, 0.6) is 0 Å². The van der Waals surface area contributed by atoms with E-state index in [1.165, 1.54) is 13.2 Å². The number of fused-ring (bicyclic) bond motifs is 1. The summed E-state index contributed by atoms with van der Waals surface area (Å²) < 4.78 is 43.3. The first-order valence-corrected chi connectivity index (χ1v) is 5.76. The first kappa shape index (κ1) is 14.2. The molecule has 0 spiro atoms. The number of nitrogens with zero attached hydrogens (tertiary/aromatic N) is 1. The summed E-state index contributed by atoms with van der Waals surface area (Å²) >= 11 is 0.